The number of methoxy groups -OCH3 is 1. The zero-order valence-corrected chi connectivity index (χ0v) is 31.7. The van der Waals surface area contributed by atoms with Gasteiger partial charge in [0.1, 0.15) is 30.0 Å². The van der Waals surface area contributed by atoms with E-state index < -0.39 is 47.5 Å². The Morgan fingerprint density at radius 2 is 1.83 bits per heavy atom. The molecule has 0 unspecified atom stereocenters. The number of carbonyl (C=O) groups excluding carboxylic acids is 3. The second kappa shape index (κ2) is 17.0. The highest BCUT2D eigenvalue weighted by atomic mass is 35.5. The van der Waals surface area contributed by atoms with E-state index in [9.17, 15) is 14.4 Å². The molecular weight excluding hydrogens is 684 g/mol. The number of fused-ring (bicyclic) bond motifs is 1. The molecule has 280 valence electrons. The first-order valence-corrected chi connectivity index (χ1v) is 18.4. The van der Waals surface area contributed by atoms with Crippen LogP contribution in [0, 0.1) is 23.2 Å². The second-order valence-electron chi connectivity index (χ2n) is 15.2. The Kier molecular flexibility index (Phi) is 12.7. The van der Waals surface area contributed by atoms with Gasteiger partial charge in [-0.3, -0.25) is 4.79 Å². The van der Waals surface area contributed by atoms with E-state index in [2.05, 4.69) is 21.9 Å². The molecule has 12 heteroatoms. The summed E-state index contributed by atoms with van der Waals surface area (Å²) in [6.07, 6.45) is 4.31. The van der Waals surface area contributed by atoms with Crippen LogP contribution in [0.15, 0.2) is 61.2 Å². The van der Waals surface area contributed by atoms with Crippen LogP contribution in [-0.4, -0.2) is 77.4 Å². The lowest BCUT2D eigenvalue weighted by molar-refractivity contribution is -0.157. The van der Waals surface area contributed by atoms with E-state index in [1.165, 1.54) is 4.90 Å². The SMILES string of the molecule is C=CCCC[C@@H]1C[C@H]1OC(=O)N[C@H](C(=O)N1C[C@H](Oc2nc3cc(OC)ccc3nc2Cl)[C@@H](Cc2ccccc2)[C@H]1C(=O)OCC(C)C)C(C)(C)C. The molecule has 1 aliphatic carbocycles. The van der Waals surface area contributed by atoms with Crippen LogP contribution >= 0.6 is 11.6 Å². The average molecular weight is 735 g/mol. The molecule has 1 aromatic heterocycles. The van der Waals surface area contributed by atoms with Gasteiger partial charge in [0.05, 0.1) is 31.3 Å². The lowest BCUT2D eigenvalue weighted by Crippen LogP contribution is -2.57. The Morgan fingerprint density at radius 3 is 2.50 bits per heavy atom. The van der Waals surface area contributed by atoms with Gasteiger partial charge < -0.3 is 29.2 Å². The Morgan fingerprint density at radius 1 is 1.08 bits per heavy atom. The third-order valence-corrected chi connectivity index (χ3v) is 9.78. The summed E-state index contributed by atoms with van der Waals surface area (Å²) in [4.78, 5) is 52.8. The first-order valence-electron chi connectivity index (χ1n) is 18.1. The zero-order chi connectivity index (χ0) is 37.6. The molecule has 1 saturated carbocycles. The fourth-order valence-electron chi connectivity index (χ4n) is 6.63. The Labute approximate surface area is 311 Å². The van der Waals surface area contributed by atoms with Crippen molar-refractivity contribution in [3.05, 3.63) is 71.9 Å². The third kappa shape index (κ3) is 9.73. The normalized spacial score (nSPS) is 21.8. The molecule has 1 aliphatic heterocycles. The van der Waals surface area contributed by atoms with Gasteiger partial charge in [-0.05, 0) is 67.1 Å². The number of alkyl carbamates (subject to hydrolysis) is 1. The van der Waals surface area contributed by atoms with Gasteiger partial charge in [-0.25, -0.2) is 19.6 Å². The number of nitrogens with zero attached hydrogens (tertiary/aromatic N) is 3. The monoisotopic (exact) mass is 734 g/mol. The van der Waals surface area contributed by atoms with Crippen LogP contribution in [0.4, 0.5) is 4.79 Å². The lowest BCUT2D eigenvalue weighted by Gasteiger charge is -2.35. The fraction of sp³-hybridized carbons (Fsp3) is 0.525. The van der Waals surface area contributed by atoms with Crippen molar-refractivity contribution in [2.24, 2.45) is 23.2 Å². The minimum atomic E-state index is -1.04. The molecule has 2 heterocycles. The van der Waals surface area contributed by atoms with Gasteiger partial charge in [-0.2, -0.15) is 0 Å². The van der Waals surface area contributed by atoms with Crippen LogP contribution in [0.5, 0.6) is 11.6 Å². The summed E-state index contributed by atoms with van der Waals surface area (Å²) in [6, 6.07) is 12.9. The van der Waals surface area contributed by atoms with Crippen LogP contribution in [0.3, 0.4) is 0 Å². The number of aromatic nitrogens is 2. The van der Waals surface area contributed by atoms with Crippen molar-refractivity contribution < 1.29 is 33.3 Å². The summed E-state index contributed by atoms with van der Waals surface area (Å²) < 4.78 is 23.5. The minimum absolute atomic E-state index is 0.00322. The number of nitrogens with one attached hydrogen (secondary N) is 1. The molecule has 0 spiro atoms. The number of rotatable bonds is 15. The maximum absolute atomic E-state index is 14.7. The molecule has 3 aromatic rings. The number of amides is 2. The Bertz CT molecular complexity index is 1730. The molecule has 0 bridgehead atoms. The number of hydrogen-bond donors (Lipinski definition) is 1. The number of halogens is 1. The standard InChI is InChI=1S/C40H51ClN4O7/c1-8-9-11-16-26-20-31(26)52-39(48)44-34(40(4,5)6)37(46)45-22-32(51-36-35(41)42-29-18-17-27(49-7)21-30(29)43-36)28(19-25-14-12-10-13-15-25)33(45)38(47)50-23-24(2)3/h8,10,12-15,17-18,21,24,26,28,31-34H,1,9,11,16,19-20,22-23H2,2-7H3,(H,44,48)/t26-,28-,31-,32+,33+,34-/m1/s1. The van der Waals surface area contributed by atoms with Crippen LogP contribution in [-0.2, 0) is 25.5 Å². The number of allylic oxidation sites excluding steroid dienone is 1. The summed E-state index contributed by atoms with van der Waals surface area (Å²) >= 11 is 6.64. The summed E-state index contributed by atoms with van der Waals surface area (Å²) in [6.45, 7) is 13.4. The quantitative estimate of drug-likeness (QED) is 0.0980. The van der Waals surface area contributed by atoms with Crippen molar-refractivity contribution in [3.8, 4) is 11.6 Å². The minimum Gasteiger partial charge on any atom is -0.497 e. The summed E-state index contributed by atoms with van der Waals surface area (Å²) in [5, 5.41) is 2.90. The molecule has 6 atom stereocenters. The highest BCUT2D eigenvalue weighted by Gasteiger charge is 2.53. The van der Waals surface area contributed by atoms with E-state index >= 15 is 0 Å². The van der Waals surface area contributed by atoms with Crippen molar-refractivity contribution in [1.29, 1.82) is 0 Å². The van der Waals surface area contributed by atoms with Crippen molar-refractivity contribution in [2.75, 3.05) is 20.3 Å². The number of benzene rings is 2. The molecule has 11 nitrogen and oxygen atoms in total. The lowest BCUT2D eigenvalue weighted by atomic mass is 9.85. The number of esters is 1. The highest BCUT2D eigenvalue weighted by Crippen LogP contribution is 2.39. The predicted molar refractivity (Wildman–Crippen MR) is 199 cm³/mol. The van der Waals surface area contributed by atoms with Crippen molar-refractivity contribution in [1.82, 2.24) is 20.2 Å². The van der Waals surface area contributed by atoms with E-state index in [-0.39, 0.29) is 36.2 Å². The molecule has 2 fully saturated rings. The fourth-order valence-corrected chi connectivity index (χ4v) is 6.81. The summed E-state index contributed by atoms with van der Waals surface area (Å²) in [5.74, 6) is -0.540. The van der Waals surface area contributed by atoms with Gasteiger partial charge >= 0.3 is 12.1 Å². The van der Waals surface area contributed by atoms with Gasteiger partial charge in [-0.1, -0.05) is 82.6 Å². The molecule has 52 heavy (non-hydrogen) atoms. The Balaban J connectivity index is 1.47. The van der Waals surface area contributed by atoms with Gasteiger partial charge in [0.2, 0.25) is 5.91 Å². The van der Waals surface area contributed by atoms with E-state index in [4.69, 9.17) is 30.5 Å². The molecule has 5 rings (SSSR count). The summed E-state index contributed by atoms with van der Waals surface area (Å²) in [5.41, 5.74) is 1.26. The smallest absolute Gasteiger partial charge is 0.408 e. The maximum Gasteiger partial charge on any atom is 0.408 e. The average Bonchev–Trinajstić information content (AvgIpc) is 3.74. The van der Waals surface area contributed by atoms with Gasteiger partial charge in [0.15, 0.2) is 5.15 Å². The van der Waals surface area contributed by atoms with Gasteiger partial charge in [0.25, 0.3) is 5.88 Å². The molecule has 1 saturated heterocycles. The molecule has 0 radical (unpaired) electrons. The first-order chi connectivity index (χ1) is 24.8. The Hall–Kier alpha value is -4.38. The number of carbonyl (C=O) groups is 3. The molecule has 2 aliphatic rings. The van der Waals surface area contributed by atoms with Crippen LogP contribution in [0.25, 0.3) is 11.0 Å². The van der Waals surface area contributed by atoms with E-state index in [1.54, 1.807) is 25.3 Å². The van der Waals surface area contributed by atoms with Crippen LogP contribution < -0.4 is 14.8 Å². The van der Waals surface area contributed by atoms with Gasteiger partial charge in [-0.15, -0.1) is 6.58 Å². The van der Waals surface area contributed by atoms with Crippen molar-refractivity contribution in [2.45, 2.75) is 91.0 Å². The number of unbranched alkanes of at least 4 members (excludes halogenated alkanes) is 1. The van der Waals surface area contributed by atoms with Crippen molar-refractivity contribution >= 4 is 40.6 Å². The third-order valence-electron chi connectivity index (χ3n) is 9.53. The molecule has 1 N–H and O–H groups in total. The van der Waals surface area contributed by atoms with E-state index in [0.29, 0.717) is 29.1 Å². The highest BCUT2D eigenvalue weighted by molar-refractivity contribution is 6.31. The first kappa shape index (κ1) is 38.8. The topological polar surface area (TPSA) is 129 Å². The number of ether oxygens (including phenoxy) is 4. The number of likely N-dealkylation sites (tertiary alicyclic amines) is 1. The van der Waals surface area contributed by atoms with E-state index in [0.717, 1.165) is 31.2 Å². The van der Waals surface area contributed by atoms with Gasteiger partial charge in [0, 0.05) is 12.0 Å². The molecule has 2 aromatic carbocycles. The maximum atomic E-state index is 14.7. The second-order valence-corrected chi connectivity index (χ2v) is 15.6. The van der Waals surface area contributed by atoms with Crippen LogP contribution in [0.2, 0.25) is 5.15 Å². The van der Waals surface area contributed by atoms with Crippen LogP contribution in [0.1, 0.15) is 65.9 Å². The van der Waals surface area contributed by atoms with E-state index in [1.807, 2.05) is 71.0 Å². The molecule has 2 amide bonds. The van der Waals surface area contributed by atoms with Crippen molar-refractivity contribution in [3.63, 3.8) is 0 Å². The molecular formula is C40H51ClN4O7. The number of hydrogen-bond acceptors (Lipinski definition) is 9. The zero-order valence-electron chi connectivity index (χ0n) is 31.0. The summed E-state index contributed by atoms with van der Waals surface area (Å²) in [7, 11) is 1.56. The predicted octanol–water partition coefficient (Wildman–Crippen LogP) is 7.19. The largest absolute Gasteiger partial charge is 0.497 e.